The number of nitrogens with zero attached hydrogens (tertiary/aromatic N) is 1. The van der Waals surface area contributed by atoms with Gasteiger partial charge < -0.3 is 10.0 Å². The summed E-state index contributed by atoms with van der Waals surface area (Å²) in [6.07, 6.45) is 0.918. The molecule has 86 valence electrons. The maximum Gasteiger partial charge on any atom is 0.306 e. The molecule has 1 aromatic rings. The van der Waals surface area contributed by atoms with Crippen molar-refractivity contribution in [2.45, 2.75) is 19.3 Å². The van der Waals surface area contributed by atoms with Crippen LogP contribution in [0.15, 0.2) is 24.3 Å². The van der Waals surface area contributed by atoms with Crippen LogP contribution in [0.5, 0.6) is 0 Å². The van der Waals surface area contributed by atoms with Crippen LogP contribution >= 0.6 is 0 Å². The van der Waals surface area contributed by atoms with Crippen LogP contribution in [0.4, 0.5) is 5.69 Å². The molecule has 2 rings (SSSR count). The topological polar surface area (TPSA) is 40.5 Å². The Morgan fingerprint density at radius 3 is 2.88 bits per heavy atom. The van der Waals surface area contributed by atoms with Crippen LogP contribution < -0.4 is 4.90 Å². The van der Waals surface area contributed by atoms with E-state index in [9.17, 15) is 4.79 Å². The highest BCUT2D eigenvalue weighted by molar-refractivity contribution is 5.72. The predicted octanol–water partition coefficient (Wildman–Crippen LogP) is 2.33. The van der Waals surface area contributed by atoms with Crippen molar-refractivity contribution in [3.05, 3.63) is 29.8 Å². The molecule has 3 nitrogen and oxygen atoms in total. The summed E-state index contributed by atoms with van der Waals surface area (Å²) in [5, 5.41) is 9.11. The van der Waals surface area contributed by atoms with E-state index in [-0.39, 0.29) is 11.8 Å². The number of para-hydroxylation sites is 1. The number of rotatable bonds is 2. The number of anilines is 1. The van der Waals surface area contributed by atoms with Gasteiger partial charge in [0, 0.05) is 25.2 Å². The van der Waals surface area contributed by atoms with Gasteiger partial charge in [-0.2, -0.15) is 0 Å². The molecule has 0 saturated carbocycles. The Morgan fingerprint density at radius 2 is 2.19 bits per heavy atom. The lowest BCUT2D eigenvalue weighted by atomic mass is 9.81. The summed E-state index contributed by atoms with van der Waals surface area (Å²) in [4.78, 5) is 13.3. The zero-order valence-corrected chi connectivity index (χ0v) is 9.68. The molecule has 0 spiro atoms. The highest BCUT2D eigenvalue weighted by atomic mass is 16.4. The van der Waals surface area contributed by atoms with Gasteiger partial charge in [-0.3, -0.25) is 4.79 Å². The quantitative estimate of drug-likeness (QED) is 0.830. The molecule has 0 aliphatic carbocycles. The van der Waals surface area contributed by atoms with Crippen molar-refractivity contribution < 1.29 is 9.90 Å². The number of fused-ring (bicyclic) bond motifs is 1. The number of carboxylic acid groups (broad SMARTS) is 1. The molecule has 1 aliphatic rings. The summed E-state index contributed by atoms with van der Waals surface area (Å²) >= 11 is 0. The summed E-state index contributed by atoms with van der Waals surface area (Å²) in [7, 11) is 2.06. The second-order valence-corrected chi connectivity index (χ2v) is 4.50. The Balaban J connectivity index is 2.38. The van der Waals surface area contributed by atoms with Crippen LogP contribution in [0.3, 0.4) is 0 Å². The van der Waals surface area contributed by atoms with E-state index in [0.717, 1.165) is 13.0 Å². The standard InChI is InChI=1S/C13H17NO2/c1-9(13(15)16)10-7-8-14(2)12-6-4-3-5-11(10)12/h3-6,9-10H,7-8H2,1-2H3,(H,15,16). The highest BCUT2D eigenvalue weighted by Gasteiger charge is 2.30. The molecule has 1 N–H and O–H groups in total. The van der Waals surface area contributed by atoms with Crippen molar-refractivity contribution in [2.75, 3.05) is 18.5 Å². The van der Waals surface area contributed by atoms with Gasteiger partial charge in [0.2, 0.25) is 0 Å². The maximum absolute atomic E-state index is 11.1. The van der Waals surface area contributed by atoms with E-state index in [1.54, 1.807) is 6.92 Å². The molecule has 0 bridgehead atoms. The van der Waals surface area contributed by atoms with Crippen molar-refractivity contribution in [3.8, 4) is 0 Å². The van der Waals surface area contributed by atoms with Gasteiger partial charge in [-0.15, -0.1) is 0 Å². The third-order valence-electron chi connectivity index (χ3n) is 3.52. The van der Waals surface area contributed by atoms with Crippen molar-refractivity contribution >= 4 is 11.7 Å². The van der Waals surface area contributed by atoms with Gasteiger partial charge in [0.1, 0.15) is 0 Å². The summed E-state index contributed by atoms with van der Waals surface area (Å²) in [5.41, 5.74) is 2.35. The van der Waals surface area contributed by atoms with Crippen LogP contribution in [-0.4, -0.2) is 24.7 Å². The molecule has 0 radical (unpaired) electrons. The van der Waals surface area contributed by atoms with Crippen LogP contribution in [0, 0.1) is 5.92 Å². The average molecular weight is 219 g/mol. The van der Waals surface area contributed by atoms with Gasteiger partial charge >= 0.3 is 5.97 Å². The van der Waals surface area contributed by atoms with Crippen molar-refractivity contribution in [1.29, 1.82) is 0 Å². The van der Waals surface area contributed by atoms with E-state index >= 15 is 0 Å². The third-order valence-corrected chi connectivity index (χ3v) is 3.52. The fourth-order valence-electron chi connectivity index (χ4n) is 2.45. The minimum absolute atomic E-state index is 0.143. The number of hydrogen-bond donors (Lipinski definition) is 1. The molecule has 0 amide bonds. The number of carboxylic acids is 1. The molecule has 1 aromatic carbocycles. The highest BCUT2D eigenvalue weighted by Crippen LogP contribution is 2.38. The summed E-state index contributed by atoms with van der Waals surface area (Å²) in [6, 6.07) is 8.11. The van der Waals surface area contributed by atoms with Crippen LogP contribution in [0.2, 0.25) is 0 Å². The normalized spacial score (nSPS) is 21.4. The smallest absolute Gasteiger partial charge is 0.306 e. The molecular weight excluding hydrogens is 202 g/mol. The Hall–Kier alpha value is -1.51. The SMILES string of the molecule is CC(C(=O)O)C1CCN(C)c2ccccc21. The Morgan fingerprint density at radius 1 is 1.50 bits per heavy atom. The third kappa shape index (κ3) is 1.77. The number of hydrogen-bond acceptors (Lipinski definition) is 2. The largest absolute Gasteiger partial charge is 0.481 e. The summed E-state index contributed by atoms with van der Waals surface area (Å²) in [5.74, 6) is -0.871. The first kappa shape index (κ1) is 11.0. The number of carbonyl (C=O) groups is 1. The number of benzene rings is 1. The van der Waals surface area contributed by atoms with Crippen molar-refractivity contribution in [3.63, 3.8) is 0 Å². The first-order valence-corrected chi connectivity index (χ1v) is 5.64. The van der Waals surface area contributed by atoms with Crippen LogP contribution in [-0.2, 0) is 4.79 Å². The molecule has 1 heterocycles. The van der Waals surface area contributed by atoms with E-state index in [2.05, 4.69) is 24.1 Å². The van der Waals surface area contributed by atoms with E-state index in [1.165, 1.54) is 11.3 Å². The molecule has 0 saturated heterocycles. The lowest BCUT2D eigenvalue weighted by Crippen LogP contribution is -2.31. The van der Waals surface area contributed by atoms with E-state index < -0.39 is 5.97 Å². The van der Waals surface area contributed by atoms with Gasteiger partial charge in [-0.1, -0.05) is 25.1 Å². The maximum atomic E-state index is 11.1. The Labute approximate surface area is 95.7 Å². The summed E-state index contributed by atoms with van der Waals surface area (Å²) in [6.45, 7) is 2.73. The average Bonchev–Trinajstić information content (AvgIpc) is 2.29. The second kappa shape index (κ2) is 4.16. The zero-order chi connectivity index (χ0) is 11.7. The summed E-state index contributed by atoms with van der Waals surface area (Å²) < 4.78 is 0. The number of aliphatic carboxylic acids is 1. The lowest BCUT2D eigenvalue weighted by Gasteiger charge is -2.34. The van der Waals surface area contributed by atoms with Gasteiger partial charge in [-0.05, 0) is 18.1 Å². The minimum atomic E-state index is -0.704. The van der Waals surface area contributed by atoms with Gasteiger partial charge in [0.15, 0.2) is 0 Å². The Kier molecular flexibility index (Phi) is 2.86. The molecule has 1 aliphatic heterocycles. The molecule has 0 fully saturated rings. The zero-order valence-electron chi connectivity index (χ0n) is 9.68. The molecule has 16 heavy (non-hydrogen) atoms. The van der Waals surface area contributed by atoms with Crippen LogP contribution in [0.1, 0.15) is 24.8 Å². The minimum Gasteiger partial charge on any atom is -0.481 e. The Bertz CT molecular complexity index is 403. The fourth-order valence-corrected chi connectivity index (χ4v) is 2.45. The fraction of sp³-hybridized carbons (Fsp3) is 0.462. The molecule has 2 unspecified atom stereocenters. The van der Waals surface area contributed by atoms with Gasteiger partial charge in [0.25, 0.3) is 0 Å². The molecular formula is C13H17NO2. The van der Waals surface area contributed by atoms with Crippen LogP contribution in [0.25, 0.3) is 0 Å². The second-order valence-electron chi connectivity index (χ2n) is 4.50. The van der Waals surface area contributed by atoms with Gasteiger partial charge in [-0.25, -0.2) is 0 Å². The predicted molar refractivity (Wildman–Crippen MR) is 63.9 cm³/mol. The molecule has 2 atom stereocenters. The van der Waals surface area contributed by atoms with Crippen molar-refractivity contribution in [1.82, 2.24) is 0 Å². The van der Waals surface area contributed by atoms with E-state index in [4.69, 9.17) is 5.11 Å². The monoisotopic (exact) mass is 219 g/mol. The lowest BCUT2D eigenvalue weighted by molar-refractivity contribution is -0.142. The first-order valence-electron chi connectivity index (χ1n) is 5.64. The van der Waals surface area contributed by atoms with E-state index in [0.29, 0.717) is 0 Å². The van der Waals surface area contributed by atoms with Gasteiger partial charge in [0.05, 0.1) is 5.92 Å². The van der Waals surface area contributed by atoms with Crippen molar-refractivity contribution in [2.24, 2.45) is 5.92 Å². The molecule has 3 heteroatoms. The van der Waals surface area contributed by atoms with E-state index in [1.807, 2.05) is 12.1 Å². The first-order chi connectivity index (χ1) is 7.61. The molecule has 0 aromatic heterocycles.